The van der Waals surface area contributed by atoms with Crippen LogP contribution in [0, 0.1) is 0 Å². The van der Waals surface area contributed by atoms with Gasteiger partial charge in [-0.2, -0.15) is 10.2 Å². The van der Waals surface area contributed by atoms with Crippen LogP contribution in [0.1, 0.15) is 0 Å². The van der Waals surface area contributed by atoms with Gasteiger partial charge in [0.15, 0.2) is 46.6 Å². The van der Waals surface area contributed by atoms with Crippen LogP contribution in [-0.2, 0) is 0 Å². The van der Waals surface area contributed by atoms with Crippen molar-refractivity contribution in [1.82, 2.24) is 60.7 Å². The molecular weight excluding hydrogens is 737 g/mol. The average Bonchev–Trinajstić information content (AvgIpc) is 4.14. The maximum atomic E-state index is 5.47. The Hall–Kier alpha value is -8.14. The quantitative estimate of drug-likeness (QED) is 0.0952. The summed E-state index contributed by atoms with van der Waals surface area (Å²) in [5.41, 5.74) is 5.68. The van der Waals surface area contributed by atoms with E-state index in [-0.39, 0.29) is 0 Å². The lowest BCUT2D eigenvalue weighted by Crippen LogP contribution is -1.97. The monoisotopic (exact) mass is 770 g/mol. The second kappa shape index (κ2) is 15.2. The van der Waals surface area contributed by atoms with Crippen molar-refractivity contribution in [2.75, 3.05) is 28.4 Å². The molecule has 0 saturated carbocycles. The van der Waals surface area contributed by atoms with Gasteiger partial charge in [0.05, 0.1) is 28.4 Å². The first kappa shape index (κ1) is 35.6. The Morgan fingerprint density at radius 1 is 0.362 bits per heavy atom. The van der Waals surface area contributed by atoms with E-state index in [9.17, 15) is 0 Å². The van der Waals surface area contributed by atoms with Gasteiger partial charge in [-0.3, -0.25) is 10.2 Å². The second-order valence-corrected chi connectivity index (χ2v) is 12.9. The van der Waals surface area contributed by atoms with Gasteiger partial charge in [0.2, 0.25) is 0 Å². The summed E-state index contributed by atoms with van der Waals surface area (Å²) in [5, 5.41) is 33.8. The molecule has 0 aliphatic carbocycles. The molecule has 0 aliphatic heterocycles. The topological polar surface area (TPSA) is 203 Å². The van der Waals surface area contributed by atoms with E-state index in [1.54, 1.807) is 28.4 Å². The minimum Gasteiger partial charge on any atom is -0.497 e. The molecule has 0 fully saturated rings. The third kappa shape index (κ3) is 6.85. The molecule has 0 spiro atoms. The number of nitrogens with zero attached hydrogens (tertiary/aromatic N) is 8. The largest absolute Gasteiger partial charge is 0.497 e. The van der Waals surface area contributed by atoms with Gasteiger partial charge in [0.25, 0.3) is 0 Å². The van der Waals surface area contributed by atoms with Gasteiger partial charge >= 0.3 is 0 Å². The minimum atomic E-state index is 0.460. The fourth-order valence-corrected chi connectivity index (χ4v) is 6.50. The molecule has 5 aromatic carbocycles. The predicted molar refractivity (Wildman–Crippen MR) is 216 cm³/mol. The smallest absolute Gasteiger partial charge is 0.181 e. The number of hydrogen-bond acceptors (Lipinski definition) is 12. The van der Waals surface area contributed by atoms with Crippen LogP contribution in [-0.4, -0.2) is 89.2 Å². The molecule has 4 heterocycles. The molecule has 9 rings (SSSR count). The number of aromatic amines is 4. The van der Waals surface area contributed by atoms with E-state index in [0.717, 1.165) is 22.3 Å². The Labute approximate surface area is 330 Å². The van der Waals surface area contributed by atoms with Crippen molar-refractivity contribution in [3.05, 3.63) is 109 Å². The third-order valence-corrected chi connectivity index (χ3v) is 9.46. The van der Waals surface area contributed by atoms with Crippen LogP contribution in [0.2, 0.25) is 0 Å². The van der Waals surface area contributed by atoms with Gasteiger partial charge in [-0.05, 0) is 60.7 Å². The van der Waals surface area contributed by atoms with Crippen molar-refractivity contribution < 1.29 is 18.9 Å². The number of rotatable bonds is 12. The van der Waals surface area contributed by atoms with Crippen molar-refractivity contribution in [3.8, 4) is 114 Å². The lowest BCUT2D eigenvalue weighted by molar-refractivity contribution is 0.415. The van der Waals surface area contributed by atoms with Gasteiger partial charge in [-0.25, -0.2) is 9.97 Å². The summed E-state index contributed by atoms with van der Waals surface area (Å²) < 4.78 is 21.9. The average molecular weight is 771 g/mol. The van der Waals surface area contributed by atoms with E-state index in [1.165, 1.54) is 0 Å². The number of ether oxygens (including phenoxy) is 4. The van der Waals surface area contributed by atoms with Crippen molar-refractivity contribution in [1.29, 1.82) is 0 Å². The van der Waals surface area contributed by atoms with Crippen LogP contribution in [0.25, 0.3) is 91.1 Å². The van der Waals surface area contributed by atoms with Gasteiger partial charge < -0.3 is 28.9 Å². The maximum Gasteiger partial charge on any atom is 0.181 e. The third-order valence-electron chi connectivity index (χ3n) is 9.46. The summed E-state index contributed by atoms with van der Waals surface area (Å²) in [4.78, 5) is 16.8. The number of aromatic nitrogens is 12. The van der Waals surface area contributed by atoms with E-state index in [1.807, 2.05) is 109 Å². The highest BCUT2D eigenvalue weighted by Crippen LogP contribution is 2.40. The van der Waals surface area contributed by atoms with Crippen molar-refractivity contribution in [3.63, 3.8) is 0 Å². The molecule has 0 atom stereocenters. The highest BCUT2D eigenvalue weighted by atomic mass is 16.5. The first-order valence-electron chi connectivity index (χ1n) is 18.0. The molecule has 286 valence electrons. The SMILES string of the molecule is COc1cccc(-c2n[nH]c(-c3cc(-c4nc(-c5cccc(OC)c5)n[nH]4)c(-c4nnc(-c5cccc(OC)c5)[nH]4)cc3-c3nnc(-c4cccc(OC)c4)[nH]3)n2)c1. The van der Waals surface area contributed by atoms with E-state index in [2.05, 4.69) is 50.8 Å². The Balaban J connectivity index is 1.25. The van der Waals surface area contributed by atoms with E-state index >= 15 is 0 Å². The summed E-state index contributed by atoms with van der Waals surface area (Å²) in [7, 11) is 6.47. The molecule has 58 heavy (non-hydrogen) atoms. The van der Waals surface area contributed by atoms with Gasteiger partial charge in [0, 0.05) is 44.5 Å². The molecule has 0 saturated heterocycles. The normalized spacial score (nSPS) is 11.1. The Morgan fingerprint density at radius 2 is 0.690 bits per heavy atom. The molecule has 4 N–H and O–H groups in total. The van der Waals surface area contributed by atoms with Crippen LogP contribution in [0.5, 0.6) is 23.0 Å². The molecule has 0 unspecified atom stereocenters. The zero-order valence-electron chi connectivity index (χ0n) is 31.6. The van der Waals surface area contributed by atoms with Crippen LogP contribution < -0.4 is 18.9 Å². The van der Waals surface area contributed by atoms with Crippen molar-refractivity contribution >= 4 is 0 Å². The Kier molecular flexibility index (Phi) is 9.31. The van der Waals surface area contributed by atoms with Crippen LogP contribution in [0.3, 0.4) is 0 Å². The van der Waals surface area contributed by atoms with Crippen molar-refractivity contribution in [2.45, 2.75) is 0 Å². The number of nitrogens with one attached hydrogen (secondary N) is 4. The molecule has 0 bridgehead atoms. The Bertz CT molecular complexity index is 2510. The summed E-state index contributed by atoms with van der Waals surface area (Å²) in [5.74, 6) is 6.60. The minimum absolute atomic E-state index is 0.460. The first-order valence-corrected chi connectivity index (χ1v) is 18.0. The lowest BCUT2D eigenvalue weighted by atomic mass is 9.96. The first-order chi connectivity index (χ1) is 28.5. The molecule has 0 amide bonds. The Morgan fingerprint density at radius 3 is 1.07 bits per heavy atom. The molecular formula is C42H34N12O4. The summed E-state index contributed by atoms with van der Waals surface area (Å²) in [6.45, 7) is 0. The standard InChI is InChI=1S/C42H34N12O4/c1-55-27-13-5-9-23(17-27)35-43-39(51-47-35)31-21-33(41-45-37(49-53-41)25-11-7-15-29(19-25)57-3)34(42-46-38(50-54-42)26-12-8-16-30(20-26)58-4)22-32(31)40-44-36(48-52-40)24-10-6-14-28(18-24)56-2/h5-22H,1-4H3,(H,43,47,51)(H,44,48,52)(H,45,49,53)(H,46,50,54). The zero-order chi connectivity index (χ0) is 39.6. The maximum absolute atomic E-state index is 5.47. The predicted octanol–water partition coefficient (Wildman–Crippen LogP) is 7.53. The fraction of sp³-hybridized carbons (Fsp3) is 0.0952. The molecule has 16 heteroatoms. The van der Waals surface area contributed by atoms with Gasteiger partial charge in [-0.15, -0.1) is 20.4 Å². The lowest BCUT2D eigenvalue weighted by Gasteiger charge is -2.12. The van der Waals surface area contributed by atoms with Crippen LogP contribution in [0.15, 0.2) is 109 Å². The summed E-state index contributed by atoms with van der Waals surface area (Å²) in [6, 6.07) is 34.1. The number of hydrogen-bond donors (Lipinski definition) is 4. The van der Waals surface area contributed by atoms with Crippen LogP contribution in [0.4, 0.5) is 0 Å². The molecule has 9 aromatic rings. The molecule has 0 aliphatic rings. The highest BCUT2D eigenvalue weighted by molar-refractivity contribution is 5.90. The van der Waals surface area contributed by atoms with Gasteiger partial charge in [0.1, 0.15) is 23.0 Å². The number of benzene rings is 5. The summed E-state index contributed by atoms with van der Waals surface area (Å²) >= 11 is 0. The second-order valence-electron chi connectivity index (χ2n) is 12.9. The highest BCUT2D eigenvalue weighted by Gasteiger charge is 2.25. The summed E-state index contributed by atoms with van der Waals surface area (Å²) in [6.07, 6.45) is 0. The van der Waals surface area contributed by atoms with Gasteiger partial charge in [-0.1, -0.05) is 48.5 Å². The van der Waals surface area contributed by atoms with Crippen molar-refractivity contribution in [2.24, 2.45) is 0 Å². The van der Waals surface area contributed by atoms with E-state index in [4.69, 9.17) is 28.9 Å². The fourth-order valence-electron chi connectivity index (χ4n) is 6.50. The van der Waals surface area contributed by atoms with E-state index < -0.39 is 0 Å². The van der Waals surface area contributed by atoms with Crippen LogP contribution >= 0.6 is 0 Å². The molecule has 4 aromatic heterocycles. The number of H-pyrrole nitrogens is 4. The van der Waals surface area contributed by atoms with E-state index in [0.29, 0.717) is 91.8 Å². The number of methoxy groups -OCH3 is 4. The molecule has 16 nitrogen and oxygen atoms in total. The molecule has 0 radical (unpaired) electrons. The zero-order valence-corrected chi connectivity index (χ0v) is 31.6.